The van der Waals surface area contributed by atoms with Gasteiger partial charge in [-0.1, -0.05) is 23.7 Å². The number of benzene rings is 2. The van der Waals surface area contributed by atoms with Gasteiger partial charge in [0.15, 0.2) is 0 Å². The highest BCUT2D eigenvalue weighted by Crippen LogP contribution is 2.29. The number of aliphatic carboxylic acids is 2. The minimum Gasteiger partial charge on any atom is -0.478 e. The van der Waals surface area contributed by atoms with Gasteiger partial charge >= 0.3 is 11.9 Å². The van der Waals surface area contributed by atoms with Gasteiger partial charge in [0.25, 0.3) is 0 Å². The molecular formula is C22H17ClFN3O4. The Morgan fingerprint density at radius 3 is 2.42 bits per heavy atom. The second kappa shape index (κ2) is 9.36. The zero-order chi connectivity index (χ0) is 22.5. The zero-order valence-electron chi connectivity index (χ0n) is 16.3. The molecule has 2 aromatic carbocycles. The van der Waals surface area contributed by atoms with Gasteiger partial charge in [0, 0.05) is 28.3 Å². The van der Waals surface area contributed by atoms with Crippen molar-refractivity contribution in [3.05, 3.63) is 94.3 Å². The summed E-state index contributed by atoms with van der Waals surface area (Å²) in [5, 5.41) is 16.2. The number of carbonyl (C=O) groups is 2. The first kappa shape index (κ1) is 21.9. The quantitative estimate of drug-likeness (QED) is 0.597. The summed E-state index contributed by atoms with van der Waals surface area (Å²) in [6.45, 7) is 2.38. The van der Waals surface area contributed by atoms with Crippen molar-refractivity contribution in [1.82, 2.24) is 9.55 Å². The number of aliphatic imine (C=N–C) groups is 1. The van der Waals surface area contributed by atoms with E-state index in [1.165, 1.54) is 6.07 Å². The standard InChI is InChI=1S/C18H13ClFN3.C4H4O4/c1-11-21-9-13-10-22-18(14-4-2-3-5-16(14)20)15-8-12(19)6-7-17(15)23(11)13;5-3(6)1-2-4(7)8/h2-9H,10H2,1H3;1-2H,(H,5,6)(H,7,8)/b;2-1+. The second-order valence-corrected chi connectivity index (χ2v) is 6.88. The summed E-state index contributed by atoms with van der Waals surface area (Å²) in [4.78, 5) is 28.1. The monoisotopic (exact) mass is 441 g/mol. The van der Waals surface area contributed by atoms with Gasteiger partial charge in [-0.3, -0.25) is 9.56 Å². The molecule has 3 aromatic rings. The molecular weight excluding hydrogens is 425 g/mol. The van der Waals surface area contributed by atoms with Gasteiger partial charge in [0.2, 0.25) is 0 Å². The summed E-state index contributed by atoms with van der Waals surface area (Å²) >= 11 is 6.19. The van der Waals surface area contributed by atoms with Crippen LogP contribution in [0.5, 0.6) is 0 Å². The lowest BCUT2D eigenvalue weighted by molar-refractivity contribution is -0.134. The predicted molar refractivity (Wildman–Crippen MR) is 113 cm³/mol. The minimum absolute atomic E-state index is 0.293. The highest BCUT2D eigenvalue weighted by Gasteiger charge is 2.22. The highest BCUT2D eigenvalue weighted by atomic mass is 35.5. The number of carboxylic acids is 2. The number of imidazole rings is 1. The number of rotatable bonds is 3. The van der Waals surface area contributed by atoms with E-state index in [0.29, 0.717) is 35.0 Å². The van der Waals surface area contributed by atoms with Crippen molar-refractivity contribution in [2.45, 2.75) is 13.5 Å². The molecule has 2 N–H and O–H groups in total. The summed E-state index contributed by atoms with van der Waals surface area (Å²) in [6.07, 6.45) is 2.92. The first-order valence-corrected chi connectivity index (χ1v) is 9.42. The third-order valence-electron chi connectivity index (χ3n) is 4.36. The van der Waals surface area contributed by atoms with E-state index >= 15 is 0 Å². The molecule has 1 aliphatic heterocycles. The Hall–Kier alpha value is -3.78. The molecule has 7 nitrogen and oxygen atoms in total. The van der Waals surface area contributed by atoms with Gasteiger partial charge in [-0.15, -0.1) is 0 Å². The maximum Gasteiger partial charge on any atom is 0.328 e. The smallest absolute Gasteiger partial charge is 0.328 e. The number of hydrogen-bond donors (Lipinski definition) is 2. The van der Waals surface area contributed by atoms with Crippen molar-refractivity contribution in [2.24, 2.45) is 4.99 Å². The molecule has 0 aliphatic carbocycles. The van der Waals surface area contributed by atoms with Gasteiger partial charge in [0.05, 0.1) is 29.8 Å². The van der Waals surface area contributed by atoms with Crippen LogP contribution in [0.4, 0.5) is 4.39 Å². The minimum atomic E-state index is -1.26. The molecule has 158 valence electrons. The van der Waals surface area contributed by atoms with Gasteiger partial charge in [-0.05, 0) is 37.3 Å². The number of aromatic nitrogens is 2. The molecule has 0 radical (unpaired) electrons. The Morgan fingerprint density at radius 1 is 1.10 bits per heavy atom. The van der Waals surface area contributed by atoms with Gasteiger partial charge < -0.3 is 10.2 Å². The van der Waals surface area contributed by atoms with Crippen molar-refractivity contribution >= 4 is 29.3 Å². The van der Waals surface area contributed by atoms with Crippen LogP contribution in [0.2, 0.25) is 5.02 Å². The first-order valence-electron chi connectivity index (χ1n) is 9.04. The molecule has 0 fully saturated rings. The van der Waals surface area contributed by atoms with Crippen LogP contribution >= 0.6 is 11.6 Å². The summed E-state index contributed by atoms with van der Waals surface area (Å²) in [7, 11) is 0. The number of fused-ring (bicyclic) bond motifs is 3. The molecule has 4 rings (SSSR count). The highest BCUT2D eigenvalue weighted by molar-refractivity contribution is 6.31. The Bertz CT molecular complexity index is 1200. The van der Waals surface area contributed by atoms with Gasteiger partial charge in [-0.2, -0.15) is 0 Å². The molecule has 2 heterocycles. The molecule has 0 atom stereocenters. The maximum absolute atomic E-state index is 14.3. The fourth-order valence-corrected chi connectivity index (χ4v) is 3.27. The molecule has 1 aromatic heterocycles. The van der Waals surface area contributed by atoms with Crippen LogP contribution in [0.25, 0.3) is 5.69 Å². The fraction of sp³-hybridized carbons (Fsp3) is 0.0909. The van der Waals surface area contributed by atoms with Gasteiger partial charge in [0.1, 0.15) is 11.6 Å². The van der Waals surface area contributed by atoms with Crippen LogP contribution in [0, 0.1) is 12.7 Å². The van der Waals surface area contributed by atoms with Crippen LogP contribution in [-0.4, -0.2) is 37.4 Å². The Morgan fingerprint density at radius 2 is 1.77 bits per heavy atom. The Balaban J connectivity index is 0.000000293. The average Bonchev–Trinajstić information content (AvgIpc) is 3.00. The average molecular weight is 442 g/mol. The summed E-state index contributed by atoms with van der Waals surface area (Å²) in [5.41, 5.74) is 3.79. The van der Waals surface area contributed by atoms with Crippen molar-refractivity contribution in [1.29, 1.82) is 0 Å². The lowest BCUT2D eigenvalue weighted by Crippen LogP contribution is -2.09. The molecule has 1 aliphatic rings. The van der Waals surface area contributed by atoms with Crippen LogP contribution < -0.4 is 0 Å². The molecule has 0 saturated carbocycles. The van der Waals surface area contributed by atoms with Crippen molar-refractivity contribution in [2.75, 3.05) is 0 Å². The van der Waals surface area contributed by atoms with E-state index in [-0.39, 0.29) is 5.82 Å². The van der Waals surface area contributed by atoms with E-state index < -0.39 is 11.9 Å². The van der Waals surface area contributed by atoms with E-state index in [4.69, 9.17) is 21.8 Å². The number of carboxylic acid groups (broad SMARTS) is 2. The van der Waals surface area contributed by atoms with Crippen LogP contribution in [0.15, 0.2) is 65.8 Å². The van der Waals surface area contributed by atoms with Crippen molar-refractivity contribution in [3.8, 4) is 5.69 Å². The van der Waals surface area contributed by atoms with E-state index in [9.17, 15) is 14.0 Å². The first-order chi connectivity index (χ1) is 14.8. The Kier molecular flexibility index (Phi) is 6.61. The molecule has 0 saturated heterocycles. The molecule has 31 heavy (non-hydrogen) atoms. The number of aryl methyl sites for hydroxylation is 1. The van der Waals surface area contributed by atoms with Crippen LogP contribution in [0.3, 0.4) is 0 Å². The SMILES string of the molecule is Cc1ncc2n1-c1ccc(Cl)cc1C(c1ccccc1F)=NC2.O=C(O)/C=C/C(=O)O. The molecule has 9 heteroatoms. The third kappa shape index (κ3) is 5.04. The number of halogens is 2. The van der Waals surface area contributed by atoms with Crippen LogP contribution in [0.1, 0.15) is 22.6 Å². The van der Waals surface area contributed by atoms with E-state index in [1.54, 1.807) is 12.1 Å². The summed E-state index contributed by atoms with van der Waals surface area (Å²) in [6, 6.07) is 12.3. The predicted octanol–water partition coefficient (Wildman–Crippen LogP) is 4.04. The van der Waals surface area contributed by atoms with E-state index in [2.05, 4.69) is 9.98 Å². The largest absolute Gasteiger partial charge is 0.478 e. The third-order valence-corrected chi connectivity index (χ3v) is 4.60. The maximum atomic E-state index is 14.3. The second-order valence-electron chi connectivity index (χ2n) is 6.45. The summed E-state index contributed by atoms with van der Waals surface area (Å²) < 4.78 is 16.3. The lowest BCUT2D eigenvalue weighted by Gasteiger charge is -2.14. The van der Waals surface area contributed by atoms with E-state index in [1.807, 2.05) is 42.0 Å². The molecule has 0 spiro atoms. The number of hydrogen-bond acceptors (Lipinski definition) is 4. The Labute approximate surface area is 181 Å². The normalized spacial score (nSPS) is 12.2. The molecule has 0 amide bonds. The zero-order valence-corrected chi connectivity index (χ0v) is 17.0. The van der Waals surface area contributed by atoms with Crippen molar-refractivity contribution in [3.63, 3.8) is 0 Å². The van der Waals surface area contributed by atoms with E-state index in [0.717, 1.165) is 22.8 Å². The molecule has 0 unspecified atom stereocenters. The summed E-state index contributed by atoms with van der Waals surface area (Å²) in [5.74, 6) is -1.94. The van der Waals surface area contributed by atoms with Crippen LogP contribution in [-0.2, 0) is 16.1 Å². The fourth-order valence-electron chi connectivity index (χ4n) is 3.10. The van der Waals surface area contributed by atoms with Crippen molar-refractivity contribution < 1.29 is 24.2 Å². The molecule has 0 bridgehead atoms. The lowest BCUT2D eigenvalue weighted by atomic mass is 10.00. The van der Waals surface area contributed by atoms with Gasteiger partial charge in [-0.25, -0.2) is 19.0 Å². The topological polar surface area (TPSA) is 105 Å². The number of nitrogens with zero attached hydrogens (tertiary/aromatic N) is 3.